The van der Waals surface area contributed by atoms with E-state index < -0.39 is 0 Å². The molecule has 5 heteroatoms. The first kappa shape index (κ1) is 17.3. The molecule has 2 unspecified atom stereocenters. The maximum Gasteiger partial charge on any atom is 0.253 e. The fourth-order valence-electron chi connectivity index (χ4n) is 3.02. The van der Waals surface area contributed by atoms with E-state index in [2.05, 4.69) is 41.2 Å². The highest BCUT2D eigenvalue weighted by atomic mass is 79.9. The number of benzene rings is 2. The fourth-order valence-corrected chi connectivity index (χ4v) is 3.40. The van der Waals surface area contributed by atoms with Gasteiger partial charge in [0.1, 0.15) is 0 Å². The van der Waals surface area contributed by atoms with Gasteiger partial charge in [0.15, 0.2) is 0 Å². The number of nitrogens with one attached hydrogen (secondary N) is 1. The Labute approximate surface area is 145 Å². The highest BCUT2D eigenvalue weighted by Gasteiger charge is 2.25. The summed E-state index contributed by atoms with van der Waals surface area (Å²) in [6.07, 6.45) is 0. The smallest absolute Gasteiger partial charge is 0.253 e. The molecule has 1 aliphatic rings. The van der Waals surface area contributed by atoms with Gasteiger partial charge in [-0.15, -0.1) is 12.4 Å². The number of halogens is 2. The third-order valence-corrected chi connectivity index (χ3v) is 4.39. The van der Waals surface area contributed by atoms with Gasteiger partial charge >= 0.3 is 0 Å². The van der Waals surface area contributed by atoms with Crippen LogP contribution in [-0.4, -0.2) is 36.0 Å². The van der Waals surface area contributed by atoms with Gasteiger partial charge in [-0.1, -0.05) is 28.1 Å². The highest BCUT2D eigenvalue weighted by molar-refractivity contribution is 9.10. The zero-order valence-corrected chi connectivity index (χ0v) is 15.1. The van der Waals surface area contributed by atoms with Gasteiger partial charge in [0.25, 0.3) is 5.91 Å². The molecule has 0 bridgehead atoms. The van der Waals surface area contributed by atoms with Crippen molar-refractivity contribution < 1.29 is 4.79 Å². The number of carbonyl (C=O) groups is 1. The Hall–Kier alpha value is -1.10. The molecule has 3 rings (SSSR count). The number of carbonyl (C=O) groups excluding carboxylic acids is 1. The van der Waals surface area contributed by atoms with Crippen LogP contribution >= 0.6 is 28.3 Å². The van der Waals surface area contributed by atoms with Crippen molar-refractivity contribution in [1.29, 1.82) is 0 Å². The third kappa shape index (κ3) is 3.62. The van der Waals surface area contributed by atoms with Crippen LogP contribution in [0.15, 0.2) is 40.9 Å². The summed E-state index contributed by atoms with van der Waals surface area (Å²) in [4.78, 5) is 14.6. The minimum Gasteiger partial charge on any atom is -0.336 e. The van der Waals surface area contributed by atoms with E-state index in [1.807, 2.05) is 35.2 Å². The zero-order chi connectivity index (χ0) is 15.0. The molecule has 0 radical (unpaired) electrons. The van der Waals surface area contributed by atoms with Gasteiger partial charge in [0.05, 0.1) is 0 Å². The summed E-state index contributed by atoms with van der Waals surface area (Å²) in [6.45, 7) is 5.77. The lowest BCUT2D eigenvalue weighted by molar-refractivity contribution is 0.0674. The van der Waals surface area contributed by atoms with Crippen LogP contribution in [0, 0.1) is 0 Å². The number of hydrogen-bond donors (Lipinski definition) is 1. The molecule has 3 nitrogen and oxygen atoms in total. The Morgan fingerprint density at radius 2 is 1.68 bits per heavy atom. The van der Waals surface area contributed by atoms with Crippen LogP contribution in [0.1, 0.15) is 24.2 Å². The number of piperazine rings is 1. The number of hydrogen-bond acceptors (Lipinski definition) is 2. The second-order valence-corrected chi connectivity index (χ2v) is 6.80. The molecule has 1 amide bonds. The lowest BCUT2D eigenvalue weighted by Crippen LogP contribution is -2.55. The van der Waals surface area contributed by atoms with E-state index >= 15 is 0 Å². The first-order chi connectivity index (χ1) is 10.0. The molecule has 2 aromatic rings. The molecular formula is C17H20BrClN2O. The zero-order valence-electron chi connectivity index (χ0n) is 12.7. The molecule has 1 heterocycles. The SMILES string of the molecule is CC1CN(C(=O)c2ccc3cc(Br)ccc3c2)CC(C)N1.Cl. The van der Waals surface area contributed by atoms with Crippen LogP contribution in [0.5, 0.6) is 0 Å². The second kappa shape index (κ2) is 6.99. The Balaban J connectivity index is 0.00000176. The predicted octanol–water partition coefficient (Wildman–Crippen LogP) is 3.85. The van der Waals surface area contributed by atoms with Crippen molar-refractivity contribution in [2.24, 2.45) is 0 Å². The minimum absolute atomic E-state index is 0. The molecule has 0 spiro atoms. The highest BCUT2D eigenvalue weighted by Crippen LogP contribution is 2.22. The van der Waals surface area contributed by atoms with Gasteiger partial charge < -0.3 is 10.2 Å². The first-order valence-corrected chi connectivity index (χ1v) is 8.07. The third-order valence-electron chi connectivity index (χ3n) is 3.89. The van der Waals surface area contributed by atoms with Crippen molar-refractivity contribution >= 4 is 45.0 Å². The number of rotatable bonds is 1. The lowest BCUT2D eigenvalue weighted by Gasteiger charge is -2.36. The van der Waals surface area contributed by atoms with Gasteiger partial charge in [-0.05, 0) is 48.9 Å². The van der Waals surface area contributed by atoms with Crippen molar-refractivity contribution in [3.05, 3.63) is 46.4 Å². The predicted molar refractivity (Wildman–Crippen MR) is 96.9 cm³/mol. The number of nitrogens with zero attached hydrogens (tertiary/aromatic N) is 1. The van der Waals surface area contributed by atoms with E-state index in [1.165, 1.54) is 0 Å². The second-order valence-electron chi connectivity index (χ2n) is 5.89. The summed E-state index contributed by atoms with van der Waals surface area (Å²) in [6, 6.07) is 12.7. The van der Waals surface area contributed by atoms with Crippen LogP contribution in [0.4, 0.5) is 0 Å². The van der Waals surface area contributed by atoms with E-state index in [1.54, 1.807) is 0 Å². The Bertz CT molecular complexity index is 681. The average molecular weight is 384 g/mol. The molecule has 0 saturated carbocycles. The maximum absolute atomic E-state index is 12.7. The average Bonchev–Trinajstić information content (AvgIpc) is 2.45. The molecule has 1 fully saturated rings. The van der Waals surface area contributed by atoms with Crippen LogP contribution < -0.4 is 5.32 Å². The summed E-state index contributed by atoms with van der Waals surface area (Å²) in [5.74, 6) is 0.125. The monoisotopic (exact) mass is 382 g/mol. The normalized spacial score (nSPS) is 21.5. The van der Waals surface area contributed by atoms with Gasteiger partial charge in [-0.2, -0.15) is 0 Å². The fraction of sp³-hybridized carbons (Fsp3) is 0.353. The van der Waals surface area contributed by atoms with E-state index in [-0.39, 0.29) is 18.3 Å². The summed E-state index contributed by atoms with van der Waals surface area (Å²) in [7, 11) is 0. The lowest BCUT2D eigenvalue weighted by atomic mass is 10.0. The van der Waals surface area contributed by atoms with Crippen molar-refractivity contribution in [2.45, 2.75) is 25.9 Å². The number of fused-ring (bicyclic) bond motifs is 1. The van der Waals surface area contributed by atoms with E-state index in [9.17, 15) is 4.79 Å². The van der Waals surface area contributed by atoms with Crippen LogP contribution in [0.2, 0.25) is 0 Å². The molecule has 0 aliphatic carbocycles. The Kier molecular flexibility index (Phi) is 5.48. The van der Waals surface area contributed by atoms with Crippen LogP contribution in [0.3, 0.4) is 0 Å². The van der Waals surface area contributed by atoms with Crippen molar-refractivity contribution in [1.82, 2.24) is 10.2 Å². The quantitative estimate of drug-likeness (QED) is 0.811. The molecule has 1 N–H and O–H groups in total. The van der Waals surface area contributed by atoms with E-state index in [0.717, 1.165) is 33.9 Å². The molecule has 0 aromatic heterocycles. The van der Waals surface area contributed by atoms with Crippen LogP contribution in [-0.2, 0) is 0 Å². The van der Waals surface area contributed by atoms with Crippen LogP contribution in [0.25, 0.3) is 10.8 Å². The molecular weight excluding hydrogens is 364 g/mol. The maximum atomic E-state index is 12.7. The van der Waals surface area contributed by atoms with Gasteiger partial charge in [-0.25, -0.2) is 0 Å². The van der Waals surface area contributed by atoms with Crippen molar-refractivity contribution in [3.8, 4) is 0 Å². The number of amides is 1. The molecule has 1 aliphatic heterocycles. The molecule has 22 heavy (non-hydrogen) atoms. The summed E-state index contributed by atoms with van der Waals surface area (Å²) < 4.78 is 1.05. The minimum atomic E-state index is 0. The molecule has 1 saturated heterocycles. The van der Waals surface area contributed by atoms with Crippen molar-refractivity contribution in [2.75, 3.05) is 13.1 Å². The van der Waals surface area contributed by atoms with Gasteiger partial charge in [-0.3, -0.25) is 4.79 Å². The summed E-state index contributed by atoms with van der Waals surface area (Å²) in [5, 5.41) is 5.69. The summed E-state index contributed by atoms with van der Waals surface area (Å²) in [5.41, 5.74) is 0.770. The molecule has 2 atom stereocenters. The standard InChI is InChI=1S/C17H19BrN2O.ClH/c1-11-9-20(10-12(2)19-11)17(21)15-4-3-14-8-16(18)6-5-13(14)7-15;/h3-8,11-12,19H,9-10H2,1-2H3;1H. The Morgan fingerprint density at radius 1 is 1.09 bits per heavy atom. The Morgan fingerprint density at radius 3 is 2.36 bits per heavy atom. The topological polar surface area (TPSA) is 32.3 Å². The van der Waals surface area contributed by atoms with Gasteiger partial charge in [0, 0.05) is 35.2 Å². The first-order valence-electron chi connectivity index (χ1n) is 7.27. The largest absolute Gasteiger partial charge is 0.336 e. The van der Waals surface area contributed by atoms with Crippen molar-refractivity contribution in [3.63, 3.8) is 0 Å². The molecule has 2 aromatic carbocycles. The van der Waals surface area contributed by atoms with E-state index in [0.29, 0.717) is 12.1 Å². The van der Waals surface area contributed by atoms with Gasteiger partial charge in [0.2, 0.25) is 0 Å². The molecule has 118 valence electrons. The van der Waals surface area contributed by atoms with E-state index in [4.69, 9.17) is 0 Å². The summed E-state index contributed by atoms with van der Waals surface area (Å²) >= 11 is 3.47.